The van der Waals surface area contributed by atoms with Gasteiger partial charge in [0, 0.05) is 30.6 Å². The van der Waals surface area contributed by atoms with E-state index in [0.29, 0.717) is 28.6 Å². The van der Waals surface area contributed by atoms with Crippen LogP contribution in [0.5, 0.6) is 0 Å². The molecule has 2 aliphatic carbocycles. The molecule has 3 fully saturated rings. The minimum atomic E-state index is -0.856. The summed E-state index contributed by atoms with van der Waals surface area (Å²) in [4.78, 5) is 21.2. The maximum atomic E-state index is 13.9. The van der Waals surface area contributed by atoms with Crippen LogP contribution in [0.15, 0.2) is 23.4 Å². The summed E-state index contributed by atoms with van der Waals surface area (Å²) < 4.78 is 47.0. The van der Waals surface area contributed by atoms with E-state index in [1.807, 2.05) is 13.8 Å². The number of hydrogen-bond donors (Lipinski definition) is 1. The number of nitrogens with zero attached hydrogens (tertiary/aromatic N) is 5. The number of unbranched alkanes of at least 4 members (excludes halogenated alkanes) is 1. The molecule has 0 unspecified atom stereocenters. The number of anilines is 1. The van der Waals surface area contributed by atoms with Crippen molar-refractivity contribution in [3.63, 3.8) is 0 Å². The van der Waals surface area contributed by atoms with Gasteiger partial charge in [-0.2, -0.15) is 0 Å². The molecule has 0 spiro atoms. The summed E-state index contributed by atoms with van der Waals surface area (Å²) in [6.07, 6.45) is 2.86. The molecule has 1 aliphatic heterocycles. The molecule has 1 aromatic carbocycles. The Morgan fingerprint density at radius 1 is 1.20 bits per heavy atom. The Labute approximate surface area is 240 Å². The van der Waals surface area contributed by atoms with E-state index in [-0.39, 0.29) is 48.7 Å². The lowest BCUT2D eigenvalue weighted by Crippen LogP contribution is -2.29. The lowest BCUT2D eigenvalue weighted by atomic mass is 10.1. The van der Waals surface area contributed by atoms with Crippen molar-refractivity contribution >= 4 is 34.7 Å². The van der Waals surface area contributed by atoms with Crippen LogP contribution in [0.4, 0.5) is 14.6 Å². The number of rotatable bonds is 10. The average molecular weight is 589 g/mol. The first-order chi connectivity index (χ1) is 19.6. The molecule has 3 aromatic rings. The van der Waals surface area contributed by atoms with Gasteiger partial charge < -0.3 is 19.5 Å². The van der Waals surface area contributed by atoms with Gasteiger partial charge in [0.1, 0.15) is 6.10 Å². The molecule has 6 rings (SSSR count). The number of carbonyl (C=O) groups excluding carboxylic acids is 1. The maximum Gasteiger partial charge on any atom is 0.302 e. The van der Waals surface area contributed by atoms with E-state index in [1.54, 1.807) is 22.5 Å². The highest BCUT2D eigenvalue weighted by atomic mass is 32.2. The van der Waals surface area contributed by atoms with Crippen molar-refractivity contribution in [2.24, 2.45) is 5.92 Å². The molecule has 41 heavy (non-hydrogen) atoms. The Morgan fingerprint density at radius 2 is 2.00 bits per heavy atom. The van der Waals surface area contributed by atoms with Crippen LogP contribution in [-0.4, -0.2) is 67.3 Å². The first kappa shape index (κ1) is 28.2. The lowest BCUT2D eigenvalue weighted by Gasteiger charge is -2.23. The first-order valence-electron chi connectivity index (χ1n) is 14.1. The summed E-state index contributed by atoms with van der Waals surface area (Å²) >= 11 is 1.57. The van der Waals surface area contributed by atoms with Gasteiger partial charge in [-0.25, -0.2) is 23.4 Å². The molecular weight excluding hydrogens is 554 g/mol. The summed E-state index contributed by atoms with van der Waals surface area (Å²) in [5.41, 5.74) is 1.85. The average Bonchev–Trinajstić information content (AvgIpc) is 3.25. The summed E-state index contributed by atoms with van der Waals surface area (Å²) in [5.74, 6) is -1.44. The number of halogens is 2. The van der Waals surface area contributed by atoms with E-state index in [4.69, 9.17) is 24.2 Å². The fraction of sp³-hybridized carbons (Fsp3) is 0.607. The van der Waals surface area contributed by atoms with E-state index in [2.05, 4.69) is 22.6 Å². The van der Waals surface area contributed by atoms with Crippen LogP contribution in [0, 0.1) is 17.6 Å². The standard InChI is InChI=1S/C28H34F2N6O4S/c1-5-6-9-41-27-32-25(31-20-12-17(20)15-7-8-18(29)19(30)10-15)22-26(33-27)36(35-34-22)21-11-16(13-38-14(2)37)23-24(21)40-28(3,4)39-23/h7-8,10,16-17,20-21,23-24H,5-6,9,11-13H2,1-4H3,(H,31,32,33)/t16-,17-,20-,21-,23-,24+/m0/s1. The van der Waals surface area contributed by atoms with Gasteiger partial charge in [0.15, 0.2) is 39.6 Å². The molecule has 1 N–H and O–H groups in total. The highest BCUT2D eigenvalue weighted by molar-refractivity contribution is 7.99. The second-order valence-electron chi connectivity index (χ2n) is 11.5. The largest absolute Gasteiger partial charge is 0.465 e. The van der Waals surface area contributed by atoms with Gasteiger partial charge in [-0.15, -0.1) is 5.10 Å². The minimum Gasteiger partial charge on any atom is -0.465 e. The van der Waals surface area contributed by atoms with Crippen LogP contribution in [0.3, 0.4) is 0 Å². The molecule has 2 saturated carbocycles. The van der Waals surface area contributed by atoms with Crippen molar-refractivity contribution in [1.29, 1.82) is 0 Å². The van der Waals surface area contributed by atoms with Crippen LogP contribution in [0.25, 0.3) is 11.2 Å². The third kappa shape index (κ3) is 5.76. The van der Waals surface area contributed by atoms with Crippen LogP contribution >= 0.6 is 11.8 Å². The fourth-order valence-corrected chi connectivity index (χ4v) is 6.75. The third-order valence-corrected chi connectivity index (χ3v) is 8.82. The zero-order valence-electron chi connectivity index (χ0n) is 23.5. The molecule has 0 bridgehead atoms. The van der Waals surface area contributed by atoms with Gasteiger partial charge >= 0.3 is 5.97 Å². The molecule has 10 nitrogen and oxygen atoms in total. The third-order valence-electron chi connectivity index (χ3n) is 7.88. The fourth-order valence-electron chi connectivity index (χ4n) is 5.83. The highest BCUT2D eigenvalue weighted by Gasteiger charge is 2.55. The predicted molar refractivity (Wildman–Crippen MR) is 147 cm³/mol. The van der Waals surface area contributed by atoms with Crippen molar-refractivity contribution in [3.05, 3.63) is 35.4 Å². The highest BCUT2D eigenvalue weighted by Crippen LogP contribution is 2.48. The Morgan fingerprint density at radius 3 is 2.76 bits per heavy atom. The number of nitrogens with one attached hydrogen (secondary N) is 1. The van der Waals surface area contributed by atoms with Crippen molar-refractivity contribution in [3.8, 4) is 0 Å². The monoisotopic (exact) mass is 588 g/mol. The SMILES string of the molecule is CCCCSc1nc(N[C@H]2C[C@H]2c2ccc(F)c(F)c2)c2nnn([C@H]3C[C@@H](COC(C)=O)[C@@H]4OC(C)(C)O[C@@H]43)c2n1. The normalized spacial score (nSPS) is 28.1. The second kappa shape index (κ2) is 11.1. The zero-order chi connectivity index (χ0) is 28.9. The predicted octanol–water partition coefficient (Wildman–Crippen LogP) is 5.00. The summed E-state index contributed by atoms with van der Waals surface area (Å²) in [6.45, 7) is 7.50. The van der Waals surface area contributed by atoms with Gasteiger partial charge in [0.25, 0.3) is 0 Å². The molecule has 2 aromatic heterocycles. The van der Waals surface area contributed by atoms with Gasteiger partial charge in [-0.1, -0.05) is 36.4 Å². The molecule has 13 heteroatoms. The number of carbonyl (C=O) groups is 1. The molecule has 3 aliphatic rings. The Balaban J connectivity index is 1.31. The Bertz CT molecular complexity index is 1450. The zero-order valence-corrected chi connectivity index (χ0v) is 24.3. The van der Waals surface area contributed by atoms with Crippen LogP contribution in [0.2, 0.25) is 0 Å². The minimum absolute atomic E-state index is 0.00654. The molecule has 6 atom stereocenters. The van der Waals surface area contributed by atoms with Gasteiger partial charge in [-0.05, 0) is 50.8 Å². The summed E-state index contributed by atoms with van der Waals surface area (Å²) in [7, 11) is 0. The van der Waals surface area contributed by atoms with Crippen molar-refractivity contribution < 1.29 is 27.8 Å². The number of thioether (sulfide) groups is 1. The Hall–Kier alpha value is -2.90. The Kier molecular flexibility index (Phi) is 7.62. The quantitative estimate of drug-likeness (QED) is 0.150. The molecule has 1 saturated heterocycles. The molecular formula is C28H34F2N6O4S. The second-order valence-corrected chi connectivity index (χ2v) is 12.5. The molecule has 220 valence electrons. The van der Waals surface area contributed by atoms with E-state index in [0.717, 1.165) is 36.6 Å². The van der Waals surface area contributed by atoms with Gasteiger partial charge in [0.05, 0.1) is 18.8 Å². The first-order valence-corrected chi connectivity index (χ1v) is 15.1. The van der Waals surface area contributed by atoms with E-state index < -0.39 is 17.4 Å². The maximum absolute atomic E-state index is 13.9. The van der Waals surface area contributed by atoms with Gasteiger partial charge in [0.2, 0.25) is 0 Å². The number of ether oxygens (including phenoxy) is 3. The topological polar surface area (TPSA) is 113 Å². The molecule has 0 amide bonds. The molecule has 3 heterocycles. The van der Waals surface area contributed by atoms with E-state index in [1.165, 1.54) is 13.0 Å². The lowest BCUT2D eigenvalue weighted by molar-refractivity contribution is -0.164. The number of esters is 1. The van der Waals surface area contributed by atoms with Crippen molar-refractivity contribution in [1.82, 2.24) is 25.0 Å². The van der Waals surface area contributed by atoms with Crippen molar-refractivity contribution in [2.75, 3.05) is 17.7 Å². The number of benzene rings is 1. The van der Waals surface area contributed by atoms with Crippen LogP contribution < -0.4 is 5.32 Å². The van der Waals surface area contributed by atoms with Crippen molar-refractivity contribution in [2.45, 2.75) is 94.5 Å². The van der Waals surface area contributed by atoms with Gasteiger partial charge in [-0.3, -0.25) is 4.79 Å². The van der Waals surface area contributed by atoms with E-state index in [9.17, 15) is 13.6 Å². The number of hydrogen-bond acceptors (Lipinski definition) is 10. The summed E-state index contributed by atoms with van der Waals surface area (Å²) in [6, 6.07) is 3.80. The van der Waals surface area contributed by atoms with Crippen LogP contribution in [0.1, 0.15) is 70.9 Å². The van der Waals surface area contributed by atoms with Crippen LogP contribution in [-0.2, 0) is 19.0 Å². The molecule has 0 radical (unpaired) electrons. The number of aromatic nitrogens is 5. The summed E-state index contributed by atoms with van der Waals surface area (Å²) in [5, 5.41) is 13.1. The van der Waals surface area contributed by atoms with E-state index >= 15 is 0 Å². The smallest absolute Gasteiger partial charge is 0.302 e. The number of fused-ring (bicyclic) bond motifs is 2.